The van der Waals surface area contributed by atoms with Gasteiger partial charge in [0.1, 0.15) is 0 Å². The molecule has 2 saturated carbocycles. The molecule has 1 heteroatoms. The molecule has 0 aromatic carbocycles. The fraction of sp³-hybridized carbons (Fsp3) is 0.867. The Morgan fingerprint density at radius 3 is 2.69 bits per heavy atom. The number of rotatable bonds is 1. The number of fused-ring (bicyclic) bond motifs is 1. The zero-order valence-corrected chi connectivity index (χ0v) is 11.0. The minimum absolute atomic E-state index is 0.486. The van der Waals surface area contributed by atoms with E-state index in [9.17, 15) is 5.11 Å². The molecule has 0 aliphatic heterocycles. The zero-order valence-electron chi connectivity index (χ0n) is 11.0. The SMILES string of the molecule is CC1=CC[C@H]2[C@@H]3[C@H](C(C)(C)O)CCC2(C)[C@H]13. The van der Waals surface area contributed by atoms with Crippen molar-refractivity contribution in [3.8, 4) is 0 Å². The Morgan fingerprint density at radius 1 is 1.44 bits per heavy atom. The second kappa shape index (κ2) is 2.93. The van der Waals surface area contributed by atoms with E-state index in [-0.39, 0.29) is 0 Å². The molecule has 0 aromatic rings. The molecule has 1 nitrogen and oxygen atoms in total. The molecule has 4 rings (SSSR count). The average Bonchev–Trinajstić information content (AvgIpc) is 2.16. The summed E-state index contributed by atoms with van der Waals surface area (Å²) in [5, 5.41) is 10.3. The maximum atomic E-state index is 10.3. The lowest BCUT2D eigenvalue weighted by molar-refractivity contribution is -0.210. The minimum Gasteiger partial charge on any atom is -0.390 e. The Labute approximate surface area is 98.9 Å². The number of hydrogen-bond acceptors (Lipinski definition) is 1. The van der Waals surface area contributed by atoms with Crippen LogP contribution in [0.15, 0.2) is 11.6 Å². The van der Waals surface area contributed by atoms with Crippen molar-refractivity contribution in [3.63, 3.8) is 0 Å². The third-order valence-corrected chi connectivity index (χ3v) is 5.96. The van der Waals surface area contributed by atoms with Crippen LogP contribution in [-0.4, -0.2) is 10.7 Å². The molecule has 16 heavy (non-hydrogen) atoms. The highest BCUT2D eigenvalue weighted by atomic mass is 16.3. The van der Waals surface area contributed by atoms with Gasteiger partial charge in [0.25, 0.3) is 0 Å². The van der Waals surface area contributed by atoms with Crippen LogP contribution in [0.5, 0.6) is 0 Å². The summed E-state index contributed by atoms with van der Waals surface area (Å²) in [6.45, 7) is 8.80. The van der Waals surface area contributed by atoms with Gasteiger partial charge in [0.05, 0.1) is 5.60 Å². The van der Waals surface area contributed by atoms with Gasteiger partial charge in [0.2, 0.25) is 0 Å². The Balaban J connectivity index is 1.96. The Hall–Kier alpha value is -0.300. The van der Waals surface area contributed by atoms with Gasteiger partial charge in [-0.2, -0.15) is 0 Å². The van der Waals surface area contributed by atoms with E-state index in [2.05, 4.69) is 19.9 Å². The van der Waals surface area contributed by atoms with Gasteiger partial charge in [-0.1, -0.05) is 18.6 Å². The number of aliphatic hydroxyl groups is 1. The molecule has 0 aromatic heterocycles. The molecule has 0 amide bonds. The highest BCUT2D eigenvalue weighted by molar-refractivity contribution is 5.28. The van der Waals surface area contributed by atoms with E-state index >= 15 is 0 Å². The topological polar surface area (TPSA) is 20.2 Å². The molecular formula is C15H24O. The molecule has 2 fully saturated rings. The first-order chi connectivity index (χ1) is 7.36. The summed E-state index contributed by atoms with van der Waals surface area (Å²) in [5.41, 5.74) is 1.69. The fourth-order valence-corrected chi connectivity index (χ4v) is 5.25. The first-order valence-corrected chi connectivity index (χ1v) is 6.75. The van der Waals surface area contributed by atoms with Crippen molar-refractivity contribution >= 4 is 0 Å². The van der Waals surface area contributed by atoms with Crippen molar-refractivity contribution in [2.75, 3.05) is 0 Å². The molecule has 4 aliphatic rings. The molecule has 0 radical (unpaired) electrons. The van der Waals surface area contributed by atoms with Crippen molar-refractivity contribution < 1.29 is 5.11 Å². The first kappa shape index (κ1) is 10.8. The predicted octanol–water partition coefficient (Wildman–Crippen LogP) is 3.39. The van der Waals surface area contributed by atoms with E-state index in [1.807, 2.05) is 13.8 Å². The van der Waals surface area contributed by atoms with Crippen LogP contribution >= 0.6 is 0 Å². The smallest absolute Gasteiger partial charge is 0.0622 e. The van der Waals surface area contributed by atoms with Gasteiger partial charge in [0, 0.05) is 0 Å². The van der Waals surface area contributed by atoms with Crippen LogP contribution in [0.4, 0.5) is 0 Å². The molecule has 5 atom stereocenters. The summed E-state index contributed by atoms with van der Waals surface area (Å²) in [4.78, 5) is 0. The van der Waals surface area contributed by atoms with Gasteiger partial charge in [-0.25, -0.2) is 0 Å². The van der Waals surface area contributed by atoms with E-state index < -0.39 is 5.60 Å². The molecule has 1 unspecified atom stereocenters. The summed E-state index contributed by atoms with van der Waals surface area (Å²) in [6, 6.07) is 0. The Bertz CT molecular complexity index is 349. The van der Waals surface area contributed by atoms with Crippen LogP contribution in [0.3, 0.4) is 0 Å². The molecule has 0 spiro atoms. The third kappa shape index (κ3) is 1.11. The monoisotopic (exact) mass is 220 g/mol. The van der Waals surface area contributed by atoms with Crippen LogP contribution in [0.2, 0.25) is 0 Å². The van der Waals surface area contributed by atoms with Crippen LogP contribution in [0.25, 0.3) is 0 Å². The van der Waals surface area contributed by atoms with E-state index in [0.717, 1.165) is 17.8 Å². The maximum absolute atomic E-state index is 10.3. The predicted molar refractivity (Wildman–Crippen MR) is 66.0 cm³/mol. The van der Waals surface area contributed by atoms with Crippen molar-refractivity contribution in [3.05, 3.63) is 11.6 Å². The van der Waals surface area contributed by atoms with Crippen molar-refractivity contribution in [1.82, 2.24) is 0 Å². The fourth-order valence-electron chi connectivity index (χ4n) is 5.25. The van der Waals surface area contributed by atoms with Gasteiger partial charge in [0.15, 0.2) is 0 Å². The Morgan fingerprint density at radius 2 is 2.12 bits per heavy atom. The normalized spacial score (nSPS) is 50.7. The quantitative estimate of drug-likeness (QED) is 0.672. The molecule has 4 bridgehead atoms. The van der Waals surface area contributed by atoms with E-state index in [0.29, 0.717) is 11.3 Å². The Kier molecular flexibility index (Phi) is 1.98. The molecule has 0 heterocycles. The van der Waals surface area contributed by atoms with Crippen molar-refractivity contribution in [2.24, 2.45) is 29.1 Å². The van der Waals surface area contributed by atoms with Crippen molar-refractivity contribution in [2.45, 2.75) is 52.6 Å². The highest BCUT2D eigenvalue weighted by Crippen LogP contribution is 2.72. The molecule has 4 aliphatic carbocycles. The standard InChI is InChI=1S/C15H24O/c1-9-5-6-11-12-10(14(2,3)16)7-8-15(11,4)13(9)12/h5,10-13,16H,6-8H2,1-4H3/t10-,11+,12+,13-,15?/m1/s1. The lowest BCUT2D eigenvalue weighted by atomic mass is 9.34. The van der Waals surface area contributed by atoms with Crippen LogP contribution in [0.1, 0.15) is 47.0 Å². The number of allylic oxidation sites excluding steroid dienone is 2. The summed E-state index contributed by atoms with van der Waals surface area (Å²) in [5.74, 6) is 2.92. The highest BCUT2D eigenvalue weighted by Gasteiger charge is 2.66. The summed E-state index contributed by atoms with van der Waals surface area (Å²) in [6.07, 6.45) is 6.25. The summed E-state index contributed by atoms with van der Waals surface area (Å²) in [7, 11) is 0. The van der Waals surface area contributed by atoms with Crippen molar-refractivity contribution in [1.29, 1.82) is 0 Å². The minimum atomic E-state index is -0.486. The average molecular weight is 220 g/mol. The van der Waals surface area contributed by atoms with Gasteiger partial charge in [-0.05, 0) is 69.1 Å². The lowest BCUT2D eigenvalue weighted by Crippen LogP contribution is -2.66. The van der Waals surface area contributed by atoms with Gasteiger partial charge < -0.3 is 5.11 Å². The van der Waals surface area contributed by atoms with Gasteiger partial charge >= 0.3 is 0 Å². The van der Waals surface area contributed by atoms with Crippen LogP contribution in [0, 0.1) is 29.1 Å². The largest absolute Gasteiger partial charge is 0.390 e. The molecular weight excluding hydrogens is 196 g/mol. The number of hydrogen-bond donors (Lipinski definition) is 1. The molecule has 1 N–H and O–H groups in total. The lowest BCUT2D eigenvalue weighted by Gasteiger charge is -2.70. The zero-order chi connectivity index (χ0) is 11.7. The first-order valence-electron chi connectivity index (χ1n) is 6.75. The van der Waals surface area contributed by atoms with Gasteiger partial charge in [-0.3, -0.25) is 0 Å². The summed E-state index contributed by atoms with van der Waals surface area (Å²) >= 11 is 0. The maximum Gasteiger partial charge on any atom is 0.0622 e. The molecule has 0 saturated heterocycles. The summed E-state index contributed by atoms with van der Waals surface area (Å²) < 4.78 is 0. The molecule has 90 valence electrons. The van der Waals surface area contributed by atoms with Crippen LogP contribution in [-0.2, 0) is 0 Å². The van der Waals surface area contributed by atoms with E-state index in [1.54, 1.807) is 5.57 Å². The van der Waals surface area contributed by atoms with E-state index in [4.69, 9.17) is 0 Å². The van der Waals surface area contributed by atoms with Gasteiger partial charge in [-0.15, -0.1) is 0 Å². The van der Waals surface area contributed by atoms with E-state index in [1.165, 1.54) is 19.3 Å². The second-order valence-electron chi connectivity index (χ2n) is 7.15. The van der Waals surface area contributed by atoms with Crippen LogP contribution < -0.4 is 0 Å². The third-order valence-electron chi connectivity index (χ3n) is 5.96. The second-order valence-corrected chi connectivity index (χ2v) is 7.15.